The average molecular weight is 175 g/mol. The van der Waals surface area contributed by atoms with Crippen molar-refractivity contribution in [2.45, 2.75) is 12.3 Å². The second-order valence-electron chi connectivity index (χ2n) is 2.89. The van der Waals surface area contributed by atoms with Gasteiger partial charge in [0.1, 0.15) is 0 Å². The van der Waals surface area contributed by atoms with E-state index < -0.39 is 0 Å². The molecule has 1 amide bonds. The first-order valence-corrected chi connectivity index (χ1v) is 4.21. The van der Waals surface area contributed by atoms with Gasteiger partial charge in [0.15, 0.2) is 0 Å². The molecule has 0 aromatic heterocycles. The Kier molecular flexibility index (Phi) is 3.26. The van der Waals surface area contributed by atoms with Crippen LogP contribution < -0.4 is 5.73 Å². The minimum atomic E-state index is -0.300. The Hall–Kier alpha value is -1.57. The Morgan fingerprint density at radius 1 is 1.46 bits per heavy atom. The van der Waals surface area contributed by atoms with Gasteiger partial charge in [0.2, 0.25) is 5.91 Å². The van der Waals surface area contributed by atoms with Crippen LogP contribution in [-0.2, 0) is 4.79 Å². The van der Waals surface area contributed by atoms with Crippen LogP contribution in [0.5, 0.6) is 0 Å². The minimum Gasteiger partial charge on any atom is -0.369 e. The zero-order chi connectivity index (χ0) is 9.68. The molecule has 0 aliphatic heterocycles. The lowest BCUT2D eigenvalue weighted by Gasteiger charge is -2.10. The zero-order valence-electron chi connectivity index (χ0n) is 7.44. The highest BCUT2D eigenvalue weighted by Gasteiger charge is 2.14. The number of primary amides is 1. The van der Waals surface area contributed by atoms with Crippen LogP contribution in [-0.4, -0.2) is 5.91 Å². The summed E-state index contributed by atoms with van der Waals surface area (Å²) >= 11 is 0. The normalized spacial score (nSPS) is 12.0. The first kappa shape index (κ1) is 9.52. The number of rotatable bonds is 4. The Balaban J connectivity index is 2.88. The third-order valence-corrected chi connectivity index (χ3v) is 1.95. The molecule has 0 unspecified atom stereocenters. The van der Waals surface area contributed by atoms with E-state index in [9.17, 15) is 4.79 Å². The largest absolute Gasteiger partial charge is 0.369 e. The monoisotopic (exact) mass is 175 g/mol. The molecular weight excluding hydrogens is 162 g/mol. The highest BCUT2D eigenvalue weighted by Crippen LogP contribution is 2.18. The first-order chi connectivity index (χ1) is 6.25. The molecule has 1 aromatic carbocycles. The summed E-state index contributed by atoms with van der Waals surface area (Å²) in [5.74, 6) is -0.537. The fourth-order valence-electron chi connectivity index (χ4n) is 1.27. The molecule has 0 bridgehead atoms. The van der Waals surface area contributed by atoms with Gasteiger partial charge in [-0.05, 0) is 12.0 Å². The van der Waals surface area contributed by atoms with Crippen molar-refractivity contribution in [1.29, 1.82) is 0 Å². The third kappa shape index (κ3) is 2.44. The standard InChI is InChI=1S/C11H13NO/c1-2-6-10(11(12)13)9-7-4-3-5-8-9/h2-5,7-8,10H,1,6H2,(H2,12,13)/t10-/m0/s1. The molecule has 13 heavy (non-hydrogen) atoms. The second kappa shape index (κ2) is 4.45. The molecule has 2 nitrogen and oxygen atoms in total. The van der Waals surface area contributed by atoms with Crippen molar-refractivity contribution >= 4 is 5.91 Å². The van der Waals surface area contributed by atoms with E-state index in [4.69, 9.17) is 5.73 Å². The molecule has 1 aromatic rings. The number of hydrogen-bond acceptors (Lipinski definition) is 1. The van der Waals surface area contributed by atoms with Gasteiger partial charge in [-0.2, -0.15) is 0 Å². The van der Waals surface area contributed by atoms with E-state index in [-0.39, 0.29) is 11.8 Å². The maximum Gasteiger partial charge on any atom is 0.225 e. The second-order valence-corrected chi connectivity index (χ2v) is 2.89. The summed E-state index contributed by atoms with van der Waals surface area (Å²) in [6.45, 7) is 3.60. The predicted octanol–water partition coefficient (Wildman–Crippen LogP) is 1.83. The molecule has 2 heteroatoms. The molecule has 68 valence electrons. The van der Waals surface area contributed by atoms with Crippen molar-refractivity contribution in [3.63, 3.8) is 0 Å². The van der Waals surface area contributed by atoms with Gasteiger partial charge in [0, 0.05) is 0 Å². The van der Waals surface area contributed by atoms with Gasteiger partial charge in [0.05, 0.1) is 5.92 Å². The fourth-order valence-corrected chi connectivity index (χ4v) is 1.27. The van der Waals surface area contributed by atoms with Gasteiger partial charge in [0.25, 0.3) is 0 Å². The SMILES string of the molecule is C=CC[C@H](C(N)=O)c1ccccc1. The molecule has 0 spiro atoms. The molecule has 0 fully saturated rings. The fraction of sp³-hybridized carbons (Fsp3) is 0.182. The maximum atomic E-state index is 11.1. The van der Waals surface area contributed by atoms with E-state index >= 15 is 0 Å². The summed E-state index contributed by atoms with van der Waals surface area (Å²) in [5, 5.41) is 0. The molecule has 0 heterocycles. The molecule has 1 rings (SSSR count). The van der Waals surface area contributed by atoms with Crippen LogP contribution in [0.25, 0.3) is 0 Å². The lowest BCUT2D eigenvalue weighted by molar-refractivity contribution is -0.119. The van der Waals surface area contributed by atoms with Crippen LogP contribution >= 0.6 is 0 Å². The van der Waals surface area contributed by atoms with Gasteiger partial charge >= 0.3 is 0 Å². The summed E-state index contributed by atoms with van der Waals surface area (Å²) in [4.78, 5) is 11.1. The zero-order valence-corrected chi connectivity index (χ0v) is 7.44. The van der Waals surface area contributed by atoms with Crippen LogP contribution in [0.2, 0.25) is 0 Å². The molecule has 0 saturated carbocycles. The highest BCUT2D eigenvalue weighted by atomic mass is 16.1. The van der Waals surface area contributed by atoms with Crippen molar-refractivity contribution in [2.75, 3.05) is 0 Å². The molecular formula is C11H13NO. The predicted molar refractivity (Wildman–Crippen MR) is 53.2 cm³/mol. The maximum absolute atomic E-state index is 11.1. The lowest BCUT2D eigenvalue weighted by Crippen LogP contribution is -2.20. The van der Waals surface area contributed by atoms with Crippen molar-refractivity contribution in [1.82, 2.24) is 0 Å². The first-order valence-electron chi connectivity index (χ1n) is 4.21. The highest BCUT2D eigenvalue weighted by molar-refractivity contribution is 5.82. The third-order valence-electron chi connectivity index (χ3n) is 1.95. The molecule has 0 radical (unpaired) electrons. The van der Waals surface area contributed by atoms with Crippen molar-refractivity contribution < 1.29 is 4.79 Å². The van der Waals surface area contributed by atoms with E-state index in [0.717, 1.165) is 5.56 Å². The Morgan fingerprint density at radius 2 is 2.08 bits per heavy atom. The Bertz CT molecular complexity index is 292. The van der Waals surface area contributed by atoms with E-state index in [2.05, 4.69) is 6.58 Å². The van der Waals surface area contributed by atoms with E-state index in [0.29, 0.717) is 6.42 Å². The van der Waals surface area contributed by atoms with Crippen molar-refractivity contribution in [3.05, 3.63) is 48.6 Å². The quantitative estimate of drug-likeness (QED) is 0.697. The topological polar surface area (TPSA) is 43.1 Å². The van der Waals surface area contributed by atoms with Gasteiger partial charge in [-0.25, -0.2) is 0 Å². The number of benzene rings is 1. The smallest absolute Gasteiger partial charge is 0.225 e. The number of hydrogen-bond donors (Lipinski definition) is 1. The van der Waals surface area contributed by atoms with Gasteiger partial charge < -0.3 is 5.73 Å². The molecule has 0 aliphatic rings. The van der Waals surface area contributed by atoms with E-state index in [1.165, 1.54) is 0 Å². The molecule has 0 saturated heterocycles. The van der Waals surface area contributed by atoms with E-state index in [1.54, 1.807) is 6.08 Å². The Morgan fingerprint density at radius 3 is 2.54 bits per heavy atom. The number of nitrogens with two attached hydrogens (primary N) is 1. The number of amides is 1. The van der Waals surface area contributed by atoms with Gasteiger partial charge in [-0.15, -0.1) is 6.58 Å². The lowest BCUT2D eigenvalue weighted by atomic mass is 9.95. The van der Waals surface area contributed by atoms with Crippen LogP contribution in [0.3, 0.4) is 0 Å². The summed E-state index contributed by atoms with van der Waals surface area (Å²) in [7, 11) is 0. The summed E-state index contributed by atoms with van der Waals surface area (Å²) < 4.78 is 0. The molecule has 0 aliphatic carbocycles. The van der Waals surface area contributed by atoms with Crippen molar-refractivity contribution in [3.8, 4) is 0 Å². The van der Waals surface area contributed by atoms with Gasteiger partial charge in [-0.1, -0.05) is 36.4 Å². The van der Waals surface area contributed by atoms with Crippen LogP contribution in [0.1, 0.15) is 17.9 Å². The molecule has 1 atom stereocenters. The van der Waals surface area contributed by atoms with Crippen molar-refractivity contribution in [2.24, 2.45) is 5.73 Å². The number of carbonyl (C=O) groups excluding carboxylic acids is 1. The average Bonchev–Trinajstić information content (AvgIpc) is 2.15. The van der Waals surface area contributed by atoms with Crippen LogP contribution in [0.15, 0.2) is 43.0 Å². The molecule has 2 N–H and O–H groups in total. The van der Waals surface area contributed by atoms with E-state index in [1.807, 2.05) is 30.3 Å². The van der Waals surface area contributed by atoms with Crippen LogP contribution in [0, 0.1) is 0 Å². The van der Waals surface area contributed by atoms with Gasteiger partial charge in [-0.3, -0.25) is 4.79 Å². The summed E-state index contributed by atoms with van der Waals surface area (Å²) in [6, 6.07) is 9.51. The number of carbonyl (C=O) groups is 1. The van der Waals surface area contributed by atoms with Crippen LogP contribution in [0.4, 0.5) is 0 Å². The number of allylic oxidation sites excluding steroid dienone is 1. The minimum absolute atomic E-state index is 0.237. The summed E-state index contributed by atoms with van der Waals surface area (Å²) in [6.07, 6.45) is 2.31. The Labute approximate surface area is 78.1 Å². The summed E-state index contributed by atoms with van der Waals surface area (Å²) in [5.41, 5.74) is 6.22.